The van der Waals surface area contributed by atoms with E-state index in [1.165, 1.54) is 0 Å². The van der Waals surface area contributed by atoms with Crippen molar-refractivity contribution in [2.75, 3.05) is 5.32 Å². The molecule has 2 fully saturated rings. The Morgan fingerprint density at radius 3 is 2.57 bits per heavy atom. The van der Waals surface area contributed by atoms with E-state index in [0.717, 1.165) is 12.8 Å². The number of aliphatic hydroxyl groups excluding tert-OH is 1. The molecule has 1 aromatic rings. The Kier molecular flexibility index (Phi) is 4.69. The minimum Gasteiger partial charge on any atom is -0.491 e. The Bertz CT molecular complexity index is 579. The maximum atomic E-state index is 12.6. The summed E-state index contributed by atoms with van der Waals surface area (Å²) in [6.07, 6.45) is 3.04. The number of fused-ring (bicyclic) bond motifs is 2. The summed E-state index contributed by atoms with van der Waals surface area (Å²) in [5, 5.41) is 13.2. The van der Waals surface area contributed by atoms with E-state index in [0.29, 0.717) is 29.3 Å². The lowest BCUT2D eigenvalue weighted by molar-refractivity contribution is 0.0580. The summed E-state index contributed by atoms with van der Waals surface area (Å²) in [6, 6.07) is 5.40. The van der Waals surface area contributed by atoms with Gasteiger partial charge in [-0.25, -0.2) is 4.79 Å². The second-order valence-corrected chi connectivity index (χ2v) is 7.06. The number of hydrogen-bond donors (Lipinski definition) is 2. The lowest BCUT2D eigenvalue weighted by Gasteiger charge is -2.37. The largest absolute Gasteiger partial charge is 0.491 e. The number of carbonyl (C=O) groups is 1. The molecule has 6 heteroatoms. The van der Waals surface area contributed by atoms with Gasteiger partial charge < -0.3 is 20.1 Å². The van der Waals surface area contributed by atoms with E-state index in [1.807, 2.05) is 18.7 Å². The first kappa shape index (κ1) is 16.4. The van der Waals surface area contributed by atoms with Gasteiger partial charge in [-0.15, -0.1) is 0 Å². The lowest BCUT2D eigenvalue weighted by Crippen LogP contribution is -2.49. The number of nitrogens with zero attached hydrogens (tertiary/aromatic N) is 1. The molecule has 2 N–H and O–H groups in total. The van der Waals surface area contributed by atoms with Crippen LogP contribution < -0.4 is 10.1 Å². The van der Waals surface area contributed by atoms with Crippen molar-refractivity contribution in [1.82, 2.24) is 4.90 Å². The first-order chi connectivity index (χ1) is 10.9. The zero-order chi connectivity index (χ0) is 16.6. The van der Waals surface area contributed by atoms with Crippen LogP contribution in [0.4, 0.5) is 10.5 Å². The molecule has 2 heterocycles. The van der Waals surface area contributed by atoms with Crippen LogP contribution in [0.1, 0.15) is 39.5 Å². The molecule has 2 amide bonds. The van der Waals surface area contributed by atoms with Crippen molar-refractivity contribution in [2.24, 2.45) is 0 Å². The molecule has 2 unspecified atom stereocenters. The molecule has 5 nitrogen and oxygen atoms in total. The monoisotopic (exact) mass is 338 g/mol. The molecule has 2 saturated heterocycles. The fraction of sp³-hybridized carbons (Fsp3) is 0.588. The first-order valence-electron chi connectivity index (χ1n) is 8.17. The zero-order valence-corrected chi connectivity index (χ0v) is 14.2. The van der Waals surface area contributed by atoms with Gasteiger partial charge in [-0.3, -0.25) is 0 Å². The zero-order valence-electron chi connectivity index (χ0n) is 13.5. The van der Waals surface area contributed by atoms with Gasteiger partial charge in [0.1, 0.15) is 5.75 Å². The molecule has 0 spiro atoms. The Morgan fingerprint density at radius 1 is 1.35 bits per heavy atom. The number of urea groups is 1. The van der Waals surface area contributed by atoms with Crippen molar-refractivity contribution < 1.29 is 14.6 Å². The summed E-state index contributed by atoms with van der Waals surface area (Å²) >= 11 is 6.25. The molecule has 0 aliphatic carbocycles. The van der Waals surface area contributed by atoms with Crippen LogP contribution in [-0.4, -0.2) is 40.3 Å². The summed E-state index contributed by atoms with van der Waals surface area (Å²) in [5.74, 6) is 0.684. The number of benzene rings is 1. The number of hydrogen-bond acceptors (Lipinski definition) is 3. The highest BCUT2D eigenvalue weighted by atomic mass is 35.5. The van der Waals surface area contributed by atoms with E-state index in [4.69, 9.17) is 16.3 Å². The second kappa shape index (κ2) is 6.57. The van der Waals surface area contributed by atoms with Crippen molar-refractivity contribution in [3.63, 3.8) is 0 Å². The standard InChI is InChI=1S/C17H23ClN2O3/c1-10(2)23-14-5-6-16(15(18)9-14)19-17(22)20-11-3-4-12(20)8-13(21)7-11/h5-6,9-13,21H,3-4,7-8H2,1-2H3,(H,19,22). The number of anilines is 1. The van der Waals surface area contributed by atoms with Crippen molar-refractivity contribution in [3.05, 3.63) is 23.2 Å². The molecule has 23 heavy (non-hydrogen) atoms. The molecule has 2 aliphatic heterocycles. The Morgan fingerprint density at radius 2 is 2.00 bits per heavy atom. The number of aliphatic hydroxyl groups is 1. The molecule has 2 aliphatic rings. The third-order valence-electron chi connectivity index (χ3n) is 4.50. The fourth-order valence-electron chi connectivity index (χ4n) is 3.60. The van der Waals surface area contributed by atoms with Gasteiger partial charge in [-0.2, -0.15) is 0 Å². The van der Waals surface area contributed by atoms with E-state index in [9.17, 15) is 9.90 Å². The third kappa shape index (κ3) is 3.56. The van der Waals surface area contributed by atoms with Gasteiger partial charge in [-0.05, 0) is 51.7 Å². The predicted octanol–water partition coefficient (Wildman–Crippen LogP) is 3.65. The number of carbonyl (C=O) groups excluding carboxylic acids is 1. The summed E-state index contributed by atoms with van der Waals surface area (Å²) in [5.41, 5.74) is 0.582. The maximum Gasteiger partial charge on any atom is 0.322 e. The highest BCUT2D eigenvalue weighted by Crippen LogP contribution is 2.36. The molecular formula is C17H23ClN2O3. The van der Waals surface area contributed by atoms with Crippen LogP contribution in [-0.2, 0) is 0 Å². The lowest BCUT2D eigenvalue weighted by atomic mass is 10.0. The van der Waals surface area contributed by atoms with Crippen LogP contribution in [0.2, 0.25) is 5.02 Å². The van der Waals surface area contributed by atoms with Crippen LogP contribution in [0.25, 0.3) is 0 Å². The Balaban J connectivity index is 1.69. The highest BCUT2D eigenvalue weighted by molar-refractivity contribution is 6.33. The normalized spacial score (nSPS) is 26.5. The number of nitrogens with one attached hydrogen (secondary N) is 1. The van der Waals surface area contributed by atoms with Gasteiger partial charge in [-0.1, -0.05) is 11.6 Å². The summed E-state index contributed by atoms with van der Waals surface area (Å²) in [7, 11) is 0. The van der Waals surface area contributed by atoms with Gasteiger partial charge in [0.2, 0.25) is 0 Å². The van der Waals surface area contributed by atoms with E-state index in [-0.39, 0.29) is 30.3 Å². The highest BCUT2D eigenvalue weighted by Gasteiger charge is 2.42. The first-order valence-corrected chi connectivity index (χ1v) is 8.55. The van der Waals surface area contributed by atoms with Gasteiger partial charge in [0.05, 0.1) is 22.9 Å². The maximum absolute atomic E-state index is 12.6. The quantitative estimate of drug-likeness (QED) is 0.884. The van der Waals surface area contributed by atoms with Crippen molar-refractivity contribution in [1.29, 1.82) is 0 Å². The second-order valence-electron chi connectivity index (χ2n) is 6.66. The molecule has 0 aromatic heterocycles. The SMILES string of the molecule is CC(C)Oc1ccc(NC(=O)N2C3CCC2CC(O)C3)c(Cl)c1. The number of halogens is 1. The molecule has 2 atom stereocenters. The predicted molar refractivity (Wildman–Crippen MR) is 90.1 cm³/mol. The minimum atomic E-state index is -0.285. The van der Waals surface area contributed by atoms with Gasteiger partial charge in [0.15, 0.2) is 0 Å². The molecule has 2 bridgehead atoms. The Hall–Kier alpha value is -1.46. The topological polar surface area (TPSA) is 61.8 Å². The molecule has 126 valence electrons. The summed E-state index contributed by atoms with van der Waals surface area (Å²) < 4.78 is 5.59. The smallest absolute Gasteiger partial charge is 0.322 e. The van der Waals surface area contributed by atoms with Crippen LogP contribution in [0.3, 0.4) is 0 Å². The Labute approximate surface area is 141 Å². The van der Waals surface area contributed by atoms with Crippen LogP contribution in [0.15, 0.2) is 18.2 Å². The van der Waals surface area contributed by atoms with E-state index >= 15 is 0 Å². The van der Waals surface area contributed by atoms with E-state index in [2.05, 4.69) is 5.32 Å². The molecular weight excluding hydrogens is 316 g/mol. The van der Waals surface area contributed by atoms with E-state index < -0.39 is 0 Å². The number of amides is 2. The molecule has 3 rings (SSSR count). The third-order valence-corrected chi connectivity index (χ3v) is 4.81. The molecule has 0 radical (unpaired) electrons. The minimum absolute atomic E-state index is 0.0712. The molecule has 0 saturated carbocycles. The van der Waals surface area contributed by atoms with Gasteiger partial charge in [0.25, 0.3) is 0 Å². The van der Waals surface area contributed by atoms with Gasteiger partial charge in [0, 0.05) is 18.2 Å². The summed E-state index contributed by atoms with van der Waals surface area (Å²) in [4.78, 5) is 14.5. The van der Waals surface area contributed by atoms with Crippen LogP contribution >= 0.6 is 11.6 Å². The van der Waals surface area contributed by atoms with Crippen molar-refractivity contribution in [3.8, 4) is 5.75 Å². The van der Waals surface area contributed by atoms with Crippen molar-refractivity contribution in [2.45, 2.75) is 63.8 Å². The number of piperidine rings is 1. The number of rotatable bonds is 3. The summed E-state index contributed by atoms with van der Waals surface area (Å²) in [6.45, 7) is 3.90. The fourth-order valence-corrected chi connectivity index (χ4v) is 3.82. The van der Waals surface area contributed by atoms with Crippen LogP contribution in [0, 0.1) is 0 Å². The van der Waals surface area contributed by atoms with Gasteiger partial charge >= 0.3 is 6.03 Å². The average Bonchev–Trinajstić information content (AvgIpc) is 2.73. The molecule has 1 aromatic carbocycles. The van der Waals surface area contributed by atoms with Crippen LogP contribution in [0.5, 0.6) is 5.75 Å². The van der Waals surface area contributed by atoms with E-state index in [1.54, 1.807) is 18.2 Å². The number of ether oxygens (including phenoxy) is 1. The van der Waals surface area contributed by atoms with Crippen molar-refractivity contribution >= 4 is 23.3 Å². The average molecular weight is 339 g/mol.